The van der Waals surface area contributed by atoms with Crippen LogP contribution in [0.5, 0.6) is 0 Å². The second-order valence-corrected chi connectivity index (χ2v) is 7.74. The first kappa shape index (κ1) is 15.7. The molecule has 0 fully saturated rings. The van der Waals surface area contributed by atoms with Crippen LogP contribution in [0.25, 0.3) is 0 Å². The van der Waals surface area contributed by atoms with Crippen molar-refractivity contribution in [3.05, 3.63) is 33.8 Å². The highest BCUT2D eigenvalue weighted by molar-refractivity contribution is 9.10. The zero-order valence-corrected chi connectivity index (χ0v) is 13.4. The van der Waals surface area contributed by atoms with E-state index >= 15 is 0 Å². The summed E-state index contributed by atoms with van der Waals surface area (Å²) in [4.78, 5) is 0. The van der Waals surface area contributed by atoms with Crippen LogP contribution < -0.4 is 5.32 Å². The monoisotopic (exact) mass is 333 g/mol. The molecule has 102 valence electrons. The maximum Gasteiger partial charge on any atom is 0.147 e. The minimum absolute atomic E-state index is 0.198. The maximum atomic E-state index is 11.1. The highest BCUT2D eigenvalue weighted by atomic mass is 79.9. The third-order valence-corrected chi connectivity index (χ3v) is 4.84. The van der Waals surface area contributed by atoms with E-state index in [-0.39, 0.29) is 11.8 Å². The molecule has 0 aliphatic carbocycles. The zero-order valence-electron chi connectivity index (χ0n) is 11.0. The molecule has 0 amide bonds. The van der Waals surface area contributed by atoms with E-state index in [4.69, 9.17) is 0 Å². The smallest absolute Gasteiger partial charge is 0.147 e. The predicted molar refractivity (Wildman–Crippen MR) is 79.6 cm³/mol. The first-order valence-electron chi connectivity index (χ1n) is 5.94. The Kier molecular flexibility index (Phi) is 5.82. The molecule has 1 rings (SSSR count). The van der Waals surface area contributed by atoms with Crippen LogP contribution in [-0.4, -0.2) is 27.5 Å². The average molecular weight is 334 g/mol. The highest BCUT2D eigenvalue weighted by Gasteiger charge is 2.11. The van der Waals surface area contributed by atoms with Crippen LogP contribution in [0.1, 0.15) is 30.0 Å². The van der Waals surface area contributed by atoms with Gasteiger partial charge in [-0.1, -0.05) is 28.1 Å². The summed E-state index contributed by atoms with van der Waals surface area (Å²) in [5.41, 5.74) is 2.38. The third kappa shape index (κ3) is 5.08. The summed E-state index contributed by atoms with van der Waals surface area (Å²) in [5, 5.41) is 3.24. The number of nitrogens with one attached hydrogen (secondary N) is 1. The van der Waals surface area contributed by atoms with Gasteiger partial charge in [0.05, 0.1) is 0 Å². The Morgan fingerprint density at radius 2 is 2.06 bits per heavy atom. The molecule has 1 aromatic rings. The Hall–Kier alpha value is -0.390. The van der Waals surface area contributed by atoms with Crippen molar-refractivity contribution >= 4 is 25.8 Å². The second-order valence-electron chi connectivity index (χ2n) is 4.62. The Morgan fingerprint density at radius 1 is 1.39 bits per heavy atom. The van der Waals surface area contributed by atoms with E-state index in [2.05, 4.69) is 39.4 Å². The van der Waals surface area contributed by atoms with Crippen LogP contribution in [0, 0.1) is 6.92 Å². The maximum absolute atomic E-state index is 11.1. The van der Waals surface area contributed by atoms with Crippen LogP contribution in [0.4, 0.5) is 0 Å². The second kappa shape index (κ2) is 6.68. The number of sulfone groups is 1. The number of halogens is 1. The fourth-order valence-corrected chi connectivity index (χ4v) is 2.94. The molecule has 0 heterocycles. The largest absolute Gasteiger partial charge is 0.313 e. The normalized spacial score (nSPS) is 13.6. The quantitative estimate of drug-likeness (QED) is 0.870. The minimum Gasteiger partial charge on any atom is -0.313 e. The molecule has 5 heteroatoms. The van der Waals surface area contributed by atoms with E-state index in [0.717, 1.165) is 10.9 Å². The molecular weight excluding hydrogens is 314 g/mol. The van der Waals surface area contributed by atoms with Crippen molar-refractivity contribution in [2.24, 2.45) is 0 Å². The van der Waals surface area contributed by atoms with Crippen molar-refractivity contribution < 1.29 is 8.42 Å². The molecule has 0 saturated heterocycles. The molecule has 18 heavy (non-hydrogen) atoms. The number of hydrogen-bond acceptors (Lipinski definition) is 3. The van der Waals surface area contributed by atoms with Crippen LogP contribution in [0.15, 0.2) is 22.7 Å². The SMILES string of the molecule is CNC(CCCS(C)(=O)=O)c1ccc(C)c(Br)c1. The number of hydrogen-bond donors (Lipinski definition) is 1. The summed E-state index contributed by atoms with van der Waals surface area (Å²) in [7, 11) is -0.960. The van der Waals surface area contributed by atoms with Gasteiger partial charge in [0.1, 0.15) is 9.84 Å². The topological polar surface area (TPSA) is 46.2 Å². The van der Waals surface area contributed by atoms with Crippen molar-refractivity contribution in [1.82, 2.24) is 5.32 Å². The first-order chi connectivity index (χ1) is 8.33. The van der Waals surface area contributed by atoms with Gasteiger partial charge >= 0.3 is 0 Å². The van der Waals surface area contributed by atoms with Gasteiger partial charge in [0.15, 0.2) is 0 Å². The van der Waals surface area contributed by atoms with E-state index in [1.807, 2.05) is 14.0 Å². The van der Waals surface area contributed by atoms with Gasteiger partial charge in [0.2, 0.25) is 0 Å². The molecule has 1 N–H and O–H groups in total. The summed E-state index contributed by atoms with van der Waals surface area (Å²) in [6.45, 7) is 2.05. The molecule has 0 bridgehead atoms. The van der Waals surface area contributed by atoms with Crippen molar-refractivity contribution in [3.63, 3.8) is 0 Å². The molecule has 0 radical (unpaired) electrons. The van der Waals surface area contributed by atoms with E-state index in [9.17, 15) is 8.42 Å². The standard InChI is InChI=1S/C13H20BrNO2S/c1-10-6-7-11(9-12(10)14)13(15-2)5-4-8-18(3,16)17/h6-7,9,13,15H,4-5,8H2,1-3H3. The summed E-state index contributed by atoms with van der Waals surface area (Å²) < 4.78 is 23.3. The van der Waals surface area contributed by atoms with Crippen LogP contribution in [0.2, 0.25) is 0 Å². The van der Waals surface area contributed by atoms with Crippen molar-refractivity contribution in [2.75, 3.05) is 19.1 Å². The molecular formula is C13H20BrNO2S. The Balaban J connectivity index is 2.68. The minimum atomic E-state index is -2.86. The lowest BCUT2D eigenvalue weighted by atomic mass is 10.0. The molecule has 0 aromatic heterocycles. The molecule has 0 spiro atoms. The van der Waals surface area contributed by atoms with Gasteiger partial charge in [-0.25, -0.2) is 8.42 Å². The van der Waals surface area contributed by atoms with E-state index in [1.54, 1.807) is 0 Å². The lowest BCUT2D eigenvalue weighted by Crippen LogP contribution is -2.17. The molecule has 1 unspecified atom stereocenters. The van der Waals surface area contributed by atoms with Gasteiger partial charge in [0.25, 0.3) is 0 Å². The summed E-state index contributed by atoms with van der Waals surface area (Å²) in [5.74, 6) is 0.248. The fourth-order valence-electron chi connectivity index (χ4n) is 1.85. The molecule has 1 aromatic carbocycles. The fraction of sp³-hybridized carbons (Fsp3) is 0.538. The number of benzene rings is 1. The lowest BCUT2D eigenvalue weighted by Gasteiger charge is -2.17. The van der Waals surface area contributed by atoms with Gasteiger partial charge in [-0.2, -0.15) is 0 Å². The van der Waals surface area contributed by atoms with Crippen LogP contribution in [0.3, 0.4) is 0 Å². The van der Waals surface area contributed by atoms with Crippen LogP contribution >= 0.6 is 15.9 Å². The van der Waals surface area contributed by atoms with Gasteiger partial charge in [-0.3, -0.25) is 0 Å². The van der Waals surface area contributed by atoms with E-state index < -0.39 is 9.84 Å². The van der Waals surface area contributed by atoms with Crippen molar-refractivity contribution in [1.29, 1.82) is 0 Å². The van der Waals surface area contributed by atoms with E-state index in [0.29, 0.717) is 6.42 Å². The highest BCUT2D eigenvalue weighted by Crippen LogP contribution is 2.24. The van der Waals surface area contributed by atoms with Crippen molar-refractivity contribution in [3.8, 4) is 0 Å². The summed E-state index contributed by atoms with van der Waals surface area (Å²) in [6, 6.07) is 6.45. The number of aryl methyl sites for hydroxylation is 1. The number of rotatable bonds is 6. The average Bonchev–Trinajstić information content (AvgIpc) is 2.27. The van der Waals surface area contributed by atoms with Gasteiger partial charge < -0.3 is 5.32 Å². The van der Waals surface area contributed by atoms with Crippen LogP contribution in [-0.2, 0) is 9.84 Å². The molecule has 0 aliphatic heterocycles. The summed E-state index contributed by atoms with van der Waals surface area (Å²) in [6.07, 6.45) is 2.78. The summed E-state index contributed by atoms with van der Waals surface area (Å²) >= 11 is 3.52. The Morgan fingerprint density at radius 3 is 2.56 bits per heavy atom. The molecule has 3 nitrogen and oxygen atoms in total. The Labute approximate surface area is 118 Å². The third-order valence-electron chi connectivity index (χ3n) is 2.95. The van der Waals surface area contributed by atoms with E-state index in [1.165, 1.54) is 17.4 Å². The van der Waals surface area contributed by atoms with Gasteiger partial charge in [-0.05, 0) is 44.0 Å². The zero-order chi connectivity index (χ0) is 13.8. The lowest BCUT2D eigenvalue weighted by molar-refractivity contribution is 0.536. The first-order valence-corrected chi connectivity index (χ1v) is 8.80. The Bertz CT molecular complexity index is 500. The van der Waals surface area contributed by atoms with Crippen molar-refractivity contribution in [2.45, 2.75) is 25.8 Å². The molecule has 1 atom stereocenters. The van der Waals surface area contributed by atoms with Gasteiger partial charge in [-0.15, -0.1) is 0 Å². The molecule has 0 aliphatic rings. The predicted octanol–water partition coefficient (Wildman–Crippen LogP) is 2.84. The van der Waals surface area contributed by atoms with Gasteiger partial charge in [0, 0.05) is 22.5 Å². The molecule has 0 saturated carbocycles.